The fourth-order valence-electron chi connectivity index (χ4n) is 7.03. The van der Waals surface area contributed by atoms with Gasteiger partial charge in [-0.05, 0) is 66.8 Å². The maximum Gasteiger partial charge on any atom is 0.414 e. The number of nitrogens with zero attached hydrogens (tertiary/aromatic N) is 3. The fourth-order valence-corrected chi connectivity index (χ4v) is 7.03. The number of carbonyl (C=O) groups is 3. The number of aromatic nitrogens is 1. The summed E-state index contributed by atoms with van der Waals surface area (Å²) in [6, 6.07) is 5.74. The van der Waals surface area contributed by atoms with E-state index >= 15 is 4.39 Å². The number of piperidine rings is 1. The van der Waals surface area contributed by atoms with Crippen molar-refractivity contribution in [3.63, 3.8) is 0 Å². The Balaban J connectivity index is 1.01. The molecule has 45 heavy (non-hydrogen) atoms. The van der Waals surface area contributed by atoms with Crippen LogP contribution in [0.25, 0.3) is 5.52 Å². The molecular formula is C32H32F2N4O7. The predicted molar refractivity (Wildman–Crippen MR) is 158 cm³/mol. The van der Waals surface area contributed by atoms with E-state index in [1.165, 1.54) is 30.0 Å². The third kappa shape index (κ3) is 5.13. The second-order valence-corrected chi connectivity index (χ2v) is 12.4. The van der Waals surface area contributed by atoms with E-state index in [0.29, 0.717) is 42.2 Å². The van der Waals surface area contributed by atoms with E-state index in [4.69, 9.17) is 9.47 Å². The number of ether oxygens (including phenoxy) is 2. The summed E-state index contributed by atoms with van der Waals surface area (Å²) in [5.74, 6) is -1.89. The molecule has 4 atom stereocenters. The van der Waals surface area contributed by atoms with E-state index in [2.05, 4.69) is 5.32 Å². The fraction of sp³-hybridized carbons (Fsp3) is 0.438. The molecular weight excluding hydrogens is 590 g/mol. The molecule has 11 nitrogen and oxygen atoms in total. The van der Waals surface area contributed by atoms with Gasteiger partial charge in [0.15, 0.2) is 17.4 Å². The van der Waals surface area contributed by atoms with Crippen LogP contribution in [-0.4, -0.2) is 66.4 Å². The Bertz CT molecular complexity index is 1810. The number of halogens is 2. The molecule has 1 aromatic carbocycles. The van der Waals surface area contributed by atoms with E-state index in [0.717, 1.165) is 29.0 Å². The van der Waals surface area contributed by atoms with Crippen LogP contribution in [-0.2, 0) is 9.53 Å². The molecule has 2 saturated carbocycles. The summed E-state index contributed by atoms with van der Waals surface area (Å²) in [4.78, 5) is 51.3. The topological polar surface area (TPSA) is 130 Å². The van der Waals surface area contributed by atoms with Gasteiger partial charge in [0.1, 0.15) is 11.7 Å². The van der Waals surface area contributed by atoms with Crippen molar-refractivity contribution in [1.82, 2.24) is 9.72 Å². The molecule has 13 heteroatoms. The first-order valence-electron chi connectivity index (χ1n) is 15.0. The first kappa shape index (κ1) is 29.1. The quantitative estimate of drug-likeness (QED) is 0.370. The van der Waals surface area contributed by atoms with Crippen molar-refractivity contribution in [3.8, 4) is 5.75 Å². The van der Waals surface area contributed by atoms with E-state index in [1.54, 1.807) is 13.0 Å². The zero-order valence-corrected chi connectivity index (χ0v) is 24.7. The van der Waals surface area contributed by atoms with Gasteiger partial charge in [0.2, 0.25) is 5.91 Å². The number of carbonyl (C=O) groups excluding carboxylic acids is 2. The second-order valence-electron chi connectivity index (χ2n) is 12.4. The molecule has 2 aromatic heterocycles. The Morgan fingerprint density at radius 1 is 1.09 bits per heavy atom. The number of rotatable bonds is 9. The van der Waals surface area contributed by atoms with Gasteiger partial charge < -0.3 is 24.8 Å². The SMILES string of the molecule is CC(=O)NC[C@H]1CN(c2ccc(OCC3[C@H]4CN(c5c(F)cn6c(=O)c(C(=O)O)cc(C7CC7)c6c5C)C[C@@H]34)c(F)c2)C(=O)O1. The van der Waals surface area contributed by atoms with Crippen molar-refractivity contribution in [1.29, 1.82) is 0 Å². The third-order valence-electron chi connectivity index (χ3n) is 9.49. The highest BCUT2D eigenvalue weighted by Gasteiger charge is 2.56. The van der Waals surface area contributed by atoms with Gasteiger partial charge in [-0.25, -0.2) is 18.4 Å². The average Bonchev–Trinajstić information content (AvgIpc) is 3.86. The number of carboxylic acid groups (broad SMARTS) is 1. The Morgan fingerprint density at radius 2 is 1.82 bits per heavy atom. The number of hydrogen-bond donors (Lipinski definition) is 2. The number of aromatic carboxylic acids is 1. The van der Waals surface area contributed by atoms with Gasteiger partial charge in [0.05, 0.1) is 42.8 Å². The average molecular weight is 623 g/mol. The zero-order valence-electron chi connectivity index (χ0n) is 24.7. The van der Waals surface area contributed by atoms with Crippen LogP contribution in [0.5, 0.6) is 5.75 Å². The Morgan fingerprint density at radius 3 is 2.47 bits per heavy atom. The summed E-state index contributed by atoms with van der Waals surface area (Å²) in [6.07, 6.45) is 1.74. The van der Waals surface area contributed by atoms with Crippen molar-refractivity contribution in [2.75, 3.05) is 42.6 Å². The van der Waals surface area contributed by atoms with E-state index < -0.39 is 35.4 Å². The lowest BCUT2D eigenvalue weighted by molar-refractivity contribution is -0.119. The molecule has 0 radical (unpaired) electrons. The molecule has 2 N–H and O–H groups in total. The van der Waals surface area contributed by atoms with Crippen LogP contribution in [0, 0.1) is 36.3 Å². The normalized spacial score (nSPS) is 23.7. The van der Waals surface area contributed by atoms with Gasteiger partial charge in [-0.2, -0.15) is 0 Å². The van der Waals surface area contributed by atoms with Crippen LogP contribution < -0.4 is 25.4 Å². The highest BCUT2D eigenvalue weighted by molar-refractivity contribution is 5.90. The van der Waals surface area contributed by atoms with Crippen LogP contribution in [0.1, 0.15) is 47.2 Å². The molecule has 2 amide bonds. The van der Waals surface area contributed by atoms with Crippen LogP contribution >= 0.6 is 0 Å². The largest absolute Gasteiger partial charge is 0.490 e. The van der Waals surface area contributed by atoms with Gasteiger partial charge in [-0.15, -0.1) is 0 Å². The number of cyclic esters (lactones) is 1. The minimum atomic E-state index is -1.33. The number of carboxylic acids is 1. The van der Waals surface area contributed by atoms with Crippen LogP contribution in [0.3, 0.4) is 0 Å². The lowest BCUT2D eigenvalue weighted by Crippen LogP contribution is -2.33. The van der Waals surface area contributed by atoms with Crippen molar-refractivity contribution in [2.45, 2.75) is 38.7 Å². The molecule has 0 spiro atoms. The molecule has 4 fully saturated rings. The van der Waals surface area contributed by atoms with E-state index in [9.17, 15) is 28.7 Å². The number of benzene rings is 1. The minimum absolute atomic E-state index is 0.0677. The Kier molecular flexibility index (Phi) is 6.93. The highest BCUT2D eigenvalue weighted by Crippen LogP contribution is 2.54. The second kappa shape index (κ2) is 10.7. The van der Waals surface area contributed by atoms with Crippen molar-refractivity contribution >= 4 is 34.9 Å². The molecule has 7 rings (SSSR count). The maximum atomic E-state index is 15.5. The monoisotopic (exact) mass is 622 g/mol. The predicted octanol–water partition coefficient (Wildman–Crippen LogP) is 3.68. The number of amides is 2. The summed E-state index contributed by atoms with van der Waals surface area (Å²) in [5, 5.41) is 12.1. The summed E-state index contributed by atoms with van der Waals surface area (Å²) >= 11 is 0. The van der Waals surface area contributed by atoms with Crippen molar-refractivity contribution in [2.24, 2.45) is 17.8 Å². The molecule has 2 aliphatic heterocycles. The molecule has 2 aliphatic carbocycles. The molecule has 1 unspecified atom stereocenters. The molecule has 4 heterocycles. The highest BCUT2D eigenvalue weighted by atomic mass is 19.1. The van der Waals surface area contributed by atoms with Gasteiger partial charge in [-0.3, -0.25) is 18.9 Å². The zero-order chi connectivity index (χ0) is 31.7. The van der Waals surface area contributed by atoms with Crippen molar-refractivity contribution in [3.05, 3.63) is 69.1 Å². The van der Waals surface area contributed by atoms with Crippen LogP contribution in [0.15, 0.2) is 35.3 Å². The third-order valence-corrected chi connectivity index (χ3v) is 9.49. The van der Waals surface area contributed by atoms with Crippen molar-refractivity contribution < 1.29 is 37.7 Å². The molecule has 4 aliphatic rings. The molecule has 2 saturated heterocycles. The van der Waals surface area contributed by atoms with Gasteiger partial charge >= 0.3 is 12.1 Å². The van der Waals surface area contributed by atoms with Gasteiger partial charge in [-0.1, -0.05) is 0 Å². The summed E-state index contributed by atoms with van der Waals surface area (Å²) in [7, 11) is 0. The number of hydrogen-bond acceptors (Lipinski definition) is 7. The Labute approximate surface area is 256 Å². The van der Waals surface area contributed by atoms with Crippen LogP contribution in [0.4, 0.5) is 25.0 Å². The number of fused-ring (bicyclic) bond motifs is 2. The number of nitrogens with one attached hydrogen (secondary N) is 1. The maximum absolute atomic E-state index is 15.5. The standard InChI is InChI=1S/C32H32F2N4O7/c1-15-28-20(17-3-4-17)8-21(31(41)42)30(40)38(28)13-26(34)29(15)36-11-22-23(12-36)24(22)14-44-27-6-5-18(7-25(27)33)37-10-19(45-32(37)43)9-35-16(2)39/h5-8,13,17,19,22-24H,3-4,9-12,14H2,1-2H3,(H,35,39)(H,41,42)/t19-,22-,23+,24?/m0/s1. The van der Waals surface area contributed by atoms with E-state index in [1.807, 2.05) is 4.90 Å². The number of anilines is 2. The smallest absolute Gasteiger partial charge is 0.414 e. The lowest BCUT2D eigenvalue weighted by atomic mass is 10.0. The molecule has 236 valence electrons. The van der Waals surface area contributed by atoms with E-state index in [-0.39, 0.29) is 54.0 Å². The van der Waals surface area contributed by atoms with Gasteiger partial charge in [0, 0.05) is 32.0 Å². The Hall–Kier alpha value is -4.68. The minimum Gasteiger partial charge on any atom is -0.490 e. The molecule has 0 bridgehead atoms. The lowest BCUT2D eigenvalue weighted by Gasteiger charge is -2.26. The number of aryl methyl sites for hydroxylation is 1. The van der Waals surface area contributed by atoms with Gasteiger partial charge in [0.25, 0.3) is 5.56 Å². The first-order chi connectivity index (χ1) is 21.5. The first-order valence-corrected chi connectivity index (χ1v) is 15.0. The molecule has 3 aromatic rings. The number of pyridine rings is 2. The summed E-state index contributed by atoms with van der Waals surface area (Å²) < 4.78 is 42.7. The summed E-state index contributed by atoms with van der Waals surface area (Å²) in [6.45, 7) is 4.96. The van der Waals surface area contributed by atoms with Crippen LogP contribution in [0.2, 0.25) is 0 Å². The summed E-state index contributed by atoms with van der Waals surface area (Å²) in [5.41, 5.74) is 1.60.